The second-order valence-electron chi connectivity index (χ2n) is 6.96. The number of hydrogen-bond acceptors (Lipinski definition) is 11. The molecule has 13 nitrogen and oxygen atoms in total. The summed E-state index contributed by atoms with van der Waals surface area (Å²) in [5, 5.41) is 70.1. The van der Waals surface area contributed by atoms with E-state index in [-0.39, 0.29) is 18.2 Å². The molecule has 28 heavy (non-hydrogen) atoms. The highest BCUT2D eigenvalue weighted by atomic mass is 16.6. The quantitative estimate of drug-likeness (QED) is 0.244. The molecule has 3 aliphatic rings. The van der Waals surface area contributed by atoms with Crippen molar-refractivity contribution in [3.8, 4) is 0 Å². The first kappa shape index (κ1) is 19.5. The molecule has 8 atom stereocenters. The number of aliphatic hydroxyl groups is 6. The fourth-order valence-electron chi connectivity index (χ4n) is 3.74. The lowest BCUT2D eigenvalue weighted by atomic mass is 10.1. The van der Waals surface area contributed by atoms with Gasteiger partial charge in [-0.25, -0.2) is 4.98 Å². The fourth-order valence-corrected chi connectivity index (χ4v) is 3.74. The van der Waals surface area contributed by atoms with E-state index in [2.05, 4.69) is 10.3 Å². The topological polar surface area (TPSA) is 197 Å². The van der Waals surface area contributed by atoms with E-state index in [1.165, 1.54) is 15.8 Å². The molecule has 0 aromatic carbocycles. The van der Waals surface area contributed by atoms with E-state index in [0.29, 0.717) is 5.82 Å². The highest BCUT2D eigenvalue weighted by Gasteiger charge is 2.48. The van der Waals surface area contributed by atoms with Crippen molar-refractivity contribution in [2.75, 3.05) is 25.2 Å². The lowest BCUT2D eigenvalue weighted by Crippen LogP contribution is -2.51. The molecule has 0 radical (unpaired) electrons. The number of aliphatic hydroxyl groups excluding tert-OH is 6. The Hall–Kier alpha value is -1.84. The summed E-state index contributed by atoms with van der Waals surface area (Å²) in [6.07, 6.45) is -7.85. The second-order valence-corrected chi connectivity index (χ2v) is 6.96. The molecule has 0 saturated carbocycles. The molecule has 2 saturated heterocycles. The number of nitrogens with one attached hydrogen (secondary N) is 2. The van der Waals surface area contributed by atoms with Crippen LogP contribution in [0.5, 0.6) is 0 Å². The fraction of sp³-hybridized carbons (Fsp3) is 0.733. The third-order valence-electron chi connectivity index (χ3n) is 5.34. The van der Waals surface area contributed by atoms with Gasteiger partial charge in [-0.05, 0) is 0 Å². The minimum atomic E-state index is -1.33. The Morgan fingerprint density at radius 2 is 1.57 bits per heavy atom. The number of ether oxygens (including phenoxy) is 2. The van der Waals surface area contributed by atoms with Gasteiger partial charge in [-0.15, -0.1) is 0 Å². The maximum atomic E-state index is 10.2. The molecule has 3 aliphatic heterocycles. The van der Waals surface area contributed by atoms with Gasteiger partial charge in [-0.1, -0.05) is 0 Å². The van der Waals surface area contributed by atoms with Crippen molar-refractivity contribution < 1.29 is 40.1 Å². The predicted octanol–water partition coefficient (Wildman–Crippen LogP) is -4.06. The van der Waals surface area contributed by atoms with Gasteiger partial charge >= 0.3 is 0 Å². The van der Waals surface area contributed by atoms with E-state index in [4.69, 9.17) is 14.9 Å². The molecule has 0 amide bonds. The van der Waals surface area contributed by atoms with Gasteiger partial charge < -0.3 is 50.3 Å². The number of amidine groups is 1. The molecule has 1 aromatic rings. The summed E-state index contributed by atoms with van der Waals surface area (Å²) >= 11 is 0. The van der Waals surface area contributed by atoms with Gasteiger partial charge in [0.05, 0.1) is 26.2 Å². The summed E-state index contributed by atoms with van der Waals surface area (Å²) in [6, 6.07) is 0. The van der Waals surface area contributed by atoms with Crippen molar-refractivity contribution >= 4 is 11.7 Å². The maximum Gasteiger partial charge on any atom is 0.165 e. The van der Waals surface area contributed by atoms with E-state index in [0.717, 1.165) is 0 Å². The summed E-state index contributed by atoms with van der Waals surface area (Å²) in [5.41, 5.74) is 0.182. The van der Waals surface area contributed by atoms with Crippen LogP contribution in [0.15, 0.2) is 6.33 Å². The lowest BCUT2D eigenvalue weighted by molar-refractivity contribution is -0.0705. The molecule has 0 aliphatic carbocycles. The van der Waals surface area contributed by atoms with Gasteiger partial charge in [0.2, 0.25) is 0 Å². The number of aromatic nitrogens is 2. The molecule has 2 fully saturated rings. The van der Waals surface area contributed by atoms with Crippen molar-refractivity contribution in [1.82, 2.24) is 14.5 Å². The third-order valence-corrected chi connectivity index (χ3v) is 5.34. The summed E-state index contributed by atoms with van der Waals surface area (Å²) < 4.78 is 12.4. The summed E-state index contributed by atoms with van der Waals surface area (Å²) in [4.78, 5) is 5.50. The van der Waals surface area contributed by atoms with E-state index in [1.807, 2.05) is 0 Å². The van der Waals surface area contributed by atoms with Gasteiger partial charge in [0.15, 0.2) is 18.3 Å². The smallest absolute Gasteiger partial charge is 0.165 e. The van der Waals surface area contributed by atoms with Crippen molar-refractivity contribution in [2.24, 2.45) is 0 Å². The minimum absolute atomic E-state index is 0.0128. The lowest BCUT2D eigenvalue weighted by Gasteiger charge is -2.36. The van der Waals surface area contributed by atoms with E-state index >= 15 is 0 Å². The molecule has 8 N–H and O–H groups in total. The standard InChI is InChI=1S/C15H23N5O8/c16-12-7-13(18-4-19(12)14-10(25)8(23)5(1-21)27-14)20(3-17-7)15-11(26)9(24)6(2-22)28-15/h3,5-6,8-11,14-16,18,21-26H,1-2,4H2/t5-,6-,8-,9-,10+,11-,14-,15-/m1/s1. The summed E-state index contributed by atoms with van der Waals surface area (Å²) in [5.74, 6) is 0.247. The number of imidazole rings is 1. The van der Waals surface area contributed by atoms with Gasteiger partial charge in [0.1, 0.15) is 48.1 Å². The number of hydrogen-bond donors (Lipinski definition) is 8. The van der Waals surface area contributed by atoms with Gasteiger partial charge in [0.25, 0.3) is 0 Å². The zero-order valence-electron chi connectivity index (χ0n) is 14.7. The minimum Gasteiger partial charge on any atom is -0.394 e. The molecular weight excluding hydrogens is 378 g/mol. The molecule has 13 heteroatoms. The molecule has 156 valence electrons. The van der Waals surface area contributed by atoms with Crippen LogP contribution < -0.4 is 5.32 Å². The predicted molar refractivity (Wildman–Crippen MR) is 90.2 cm³/mol. The molecule has 0 spiro atoms. The molecular formula is C15H23N5O8. The first-order valence-corrected chi connectivity index (χ1v) is 8.80. The number of anilines is 1. The zero-order chi connectivity index (χ0) is 20.2. The van der Waals surface area contributed by atoms with Crippen LogP contribution in [0, 0.1) is 5.41 Å². The van der Waals surface area contributed by atoms with Crippen LogP contribution in [0.4, 0.5) is 5.82 Å². The van der Waals surface area contributed by atoms with Crippen LogP contribution in [0.25, 0.3) is 0 Å². The van der Waals surface area contributed by atoms with Crippen molar-refractivity contribution in [2.45, 2.75) is 49.1 Å². The maximum absolute atomic E-state index is 10.2. The average Bonchev–Trinajstić information content (AvgIpc) is 3.33. The Morgan fingerprint density at radius 3 is 2.14 bits per heavy atom. The van der Waals surface area contributed by atoms with E-state index in [9.17, 15) is 30.6 Å². The highest BCUT2D eigenvalue weighted by molar-refractivity contribution is 6.00. The van der Waals surface area contributed by atoms with Crippen LogP contribution in [0.1, 0.15) is 11.9 Å². The van der Waals surface area contributed by atoms with Gasteiger partial charge in [-0.3, -0.25) is 9.98 Å². The first-order valence-electron chi connectivity index (χ1n) is 8.80. The van der Waals surface area contributed by atoms with Gasteiger partial charge in [0, 0.05) is 0 Å². The Balaban J connectivity index is 1.57. The molecule has 4 heterocycles. The first-order chi connectivity index (χ1) is 13.4. The molecule has 1 aromatic heterocycles. The third kappa shape index (κ3) is 2.79. The SMILES string of the molecule is N=C1c2ncn([C@@H]3O[C@H](CO)[C@@H](O)[C@H]3O)c2NCN1[C@@H]1O[C@H](CO)[C@@H](O)[C@@H]1O. The van der Waals surface area contributed by atoms with Crippen LogP contribution >= 0.6 is 0 Å². The Kier molecular flexibility index (Phi) is 5.01. The number of fused-ring (bicyclic) bond motifs is 1. The van der Waals surface area contributed by atoms with E-state index < -0.39 is 62.3 Å². The van der Waals surface area contributed by atoms with Crippen LogP contribution in [0.2, 0.25) is 0 Å². The Bertz CT molecular complexity index is 746. The van der Waals surface area contributed by atoms with Crippen LogP contribution in [0.3, 0.4) is 0 Å². The normalized spacial score (nSPS) is 40.6. The number of nitrogens with zero attached hydrogens (tertiary/aromatic N) is 3. The van der Waals surface area contributed by atoms with Crippen molar-refractivity contribution in [1.29, 1.82) is 5.41 Å². The highest BCUT2D eigenvalue weighted by Crippen LogP contribution is 2.35. The largest absolute Gasteiger partial charge is 0.394 e. The zero-order valence-corrected chi connectivity index (χ0v) is 14.7. The van der Waals surface area contributed by atoms with E-state index in [1.54, 1.807) is 0 Å². The van der Waals surface area contributed by atoms with Crippen LogP contribution in [-0.2, 0) is 9.47 Å². The van der Waals surface area contributed by atoms with Gasteiger partial charge in [-0.2, -0.15) is 0 Å². The van der Waals surface area contributed by atoms with Crippen molar-refractivity contribution in [3.05, 3.63) is 12.0 Å². The second kappa shape index (κ2) is 7.20. The molecule has 4 rings (SSSR count). The summed E-state index contributed by atoms with van der Waals surface area (Å²) in [6.45, 7) is -0.929. The summed E-state index contributed by atoms with van der Waals surface area (Å²) in [7, 11) is 0. The Labute approximate surface area is 158 Å². The number of rotatable bonds is 4. The monoisotopic (exact) mass is 401 g/mol. The average molecular weight is 401 g/mol. The molecule has 0 bridgehead atoms. The van der Waals surface area contributed by atoms with Crippen molar-refractivity contribution in [3.63, 3.8) is 0 Å². The Morgan fingerprint density at radius 1 is 1.00 bits per heavy atom. The molecule has 0 unspecified atom stereocenters. The van der Waals surface area contributed by atoms with Crippen LogP contribution in [-0.4, -0.2) is 114 Å².